The number of nitrogens with one attached hydrogen (secondary N) is 1. The summed E-state index contributed by atoms with van der Waals surface area (Å²) in [6.07, 6.45) is 1.35. The molecule has 0 unspecified atom stereocenters. The Labute approximate surface area is 92.5 Å². The Balaban J connectivity index is 3.01. The van der Waals surface area contributed by atoms with E-state index in [1.165, 1.54) is 18.3 Å². The Morgan fingerprint density at radius 2 is 2.27 bits per heavy atom. The molecule has 15 heavy (non-hydrogen) atoms. The summed E-state index contributed by atoms with van der Waals surface area (Å²) in [7, 11) is -3.82. The molecule has 0 saturated carbocycles. The number of hydrogen-bond acceptors (Lipinski definition) is 4. The van der Waals surface area contributed by atoms with Crippen LogP contribution in [0.2, 0.25) is 5.15 Å². The maximum absolute atomic E-state index is 11.5. The lowest BCUT2D eigenvalue weighted by atomic mass is 10.5. The maximum Gasteiger partial charge on any atom is 0.264 e. The molecule has 1 aromatic heterocycles. The van der Waals surface area contributed by atoms with Gasteiger partial charge in [0.1, 0.15) is 5.15 Å². The Kier molecular flexibility index (Phi) is 3.65. The van der Waals surface area contributed by atoms with Gasteiger partial charge < -0.3 is 0 Å². The van der Waals surface area contributed by atoms with Gasteiger partial charge in [0.2, 0.25) is 5.91 Å². The van der Waals surface area contributed by atoms with Crippen molar-refractivity contribution in [1.82, 2.24) is 9.71 Å². The van der Waals surface area contributed by atoms with Crippen molar-refractivity contribution in [3.63, 3.8) is 0 Å². The van der Waals surface area contributed by atoms with Crippen LogP contribution in [0, 0.1) is 0 Å². The molecular weight excluding hydrogens is 240 g/mol. The number of nitrogens with zero attached hydrogens (tertiary/aromatic N) is 1. The molecule has 0 atom stereocenters. The van der Waals surface area contributed by atoms with Crippen molar-refractivity contribution in [3.05, 3.63) is 23.5 Å². The van der Waals surface area contributed by atoms with Crippen molar-refractivity contribution in [2.24, 2.45) is 0 Å². The molecule has 1 N–H and O–H groups in total. The number of carbonyl (C=O) groups is 1. The molecule has 1 aromatic rings. The third-order valence-corrected chi connectivity index (χ3v) is 3.16. The molecule has 0 aromatic carbocycles. The van der Waals surface area contributed by atoms with Gasteiger partial charge >= 0.3 is 0 Å². The van der Waals surface area contributed by atoms with Gasteiger partial charge in [-0.05, 0) is 12.1 Å². The Morgan fingerprint density at radius 3 is 2.80 bits per heavy atom. The molecule has 0 bridgehead atoms. The summed E-state index contributed by atoms with van der Waals surface area (Å²) in [6, 6.07) is 2.43. The topological polar surface area (TPSA) is 76.1 Å². The molecule has 1 heterocycles. The van der Waals surface area contributed by atoms with E-state index >= 15 is 0 Å². The number of amides is 1. The number of pyridine rings is 1. The van der Waals surface area contributed by atoms with Crippen LogP contribution in [0.15, 0.2) is 23.2 Å². The molecule has 0 spiro atoms. The van der Waals surface area contributed by atoms with Crippen LogP contribution in [0.1, 0.15) is 13.3 Å². The molecule has 1 amide bonds. The van der Waals surface area contributed by atoms with Crippen molar-refractivity contribution in [3.8, 4) is 0 Å². The van der Waals surface area contributed by atoms with Crippen LogP contribution in [-0.4, -0.2) is 19.3 Å². The minimum Gasteiger partial charge on any atom is -0.274 e. The van der Waals surface area contributed by atoms with E-state index in [0.29, 0.717) is 0 Å². The summed E-state index contributed by atoms with van der Waals surface area (Å²) in [4.78, 5) is 14.5. The number of hydrogen-bond donors (Lipinski definition) is 1. The molecule has 0 aliphatic heterocycles. The first-order valence-corrected chi connectivity index (χ1v) is 5.99. The van der Waals surface area contributed by atoms with E-state index in [1.807, 2.05) is 4.72 Å². The SMILES string of the molecule is CCC(=O)NS(=O)(=O)c1ccnc(Cl)c1. The predicted octanol–water partition coefficient (Wildman–Crippen LogP) is 0.950. The largest absolute Gasteiger partial charge is 0.274 e. The summed E-state index contributed by atoms with van der Waals surface area (Å²) < 4.78 is 25.0. The number of halogens is 1. The quantitative estimate of drug-likeness (QED) is 0.808. The van der Waals surface area contributed by atoms with Crippen LogP contribution >= 0.6 is 11.6 Å². The molecule has 5 nitrogen and oxygen atoms in total. The first kappa shape index (κ1) is 11.9. The summed E-state index contributed by atoms with van der Waals surface area (Å²) in [5.74, 6) is -0.567. The van der Waals surface area contributed by atoms with Gasteiger partial charge in [-0.3, -0.25) is 4.79 Å². The molecule has 0 aliphatic rings. The normalized spacial score (nSPS) is 11.1. The lowest BCUT2D eigenvalue weighted by Crippen LogP contribution is -2.29. The van der Waals surface area contributed by atoms with E-state index in [-0.39, 0.29) is 16.5 Å². The lowest BCUT2D eigenvalue weighted by molar-refractivity contribution is -0.119. The van der Waals surface area contributed by atoms with E-state index in [0.717, 1.165) is 0 Å². The van der Waals surface area contributed by atoms with Gasteiger partial charge in [0.15, 0.2) is 0 Å². The van der Waals surface area contributed by atoms with Gasteiger partial charge in [-0.15, -0.1) is 0 Å². The number of aromatic nitrogens is 1. The Morgan fingerprint density at radius 1 is 1.60 bits per heavy atom. The van der Waals surface area contributed by atoms with Gasteiger partial charge in [0.05, 0.1) is 4.90 Å². The second-order valence-corrected chi connectivity index (χ2v) is 4.77. The highest BCUT2D eigenvalue weighted by Crippen LogP contribution is 2.12. The van der Waals surface area contributed by atoms with Gasteiger partial charge in [0, 0.05) is 12.6 Å². The maximum atomic E-state index is 11.5. The second-order valence-electron chi connectivity index (χ2n) is 2.70. The minimum atomic E-state index is -3.82. The van der Waals surface area contributed by atoms with Crippen molar-refractivity contribution >= 4 is 27.5 Å². The smallest absolute Gasteiger partial charge is 0.264 e. The summed E-state index contributed by atoms with van der Waals surface area (Å²) in [5, 5.41) is 0.0572. The van der Waals surface area contributed by atoms with E-state index in [2.05, 4.69) is 4.98 Å². The first-order chi connectivity index (χ1) is 6.95. The van der Waals surface area contributed by atoms with Crippen LogP contribution in [0.4, 0.5) is 0 Å². The van der Waals surface area contributed by atoms with Crippen LogP contribution in [0.25, 0.3) is 0 Å². The number of sulfonamides is 1. The summed E-state index contributed by atoms with van der Waals surface area (Å²) >= 11 is 5.53. The molecule has 0 saturated heterocycles. The molecule has 82 valence electrons. The van der Waals surface area contributed by atoms with Crippen LogP contribution in [-0.2, 0) is 14.8 Å². The highest BCUT2D eigenvalue weighted by molar-refractivity contribution is 7.90. The van der Waals surface area contributed by atoms with Gasteiger partial charge in [-0.1, -0.05) is 18.5 Å². The van der Waals surface area contributed by atoms with Crippen LogP contribution < -0.4 is 4.72 Å². The van der Waals surface area contributed by atoms with E-state index in [9.17, 15) is 13.2 Å². The fourth-order valence-electron chi connectivity index (χ4n) is 0.833. The van der Waals surface area contributed by atoms with Crippen molar-refractivity contribution < 1.29 is 13.2 Å². The second kappa shape index (κ2) is 4.59. The predicted molar refractivity (Wildman–Crippen MR) is 54.9 cm³/mol. The third-order valence-electron chi connectivity index (χ3n) is 1.58. The molecule has 7 heteroatoms. The average Bonchev–Trinajstić information content (AvgIpc) is 2.17. The monoisotopic (exact) mass is 248 g/mol. The zero-order chi connectivity index (χ0) is 11.5. The van der Waals surface area contributed by atoms with Crippen molar-refractivity contribution in [1.29, 1.82) is 0 Å². The summed E-state index contributed by atoms with van der Waals surface area (Å²) in [5.41, 5.74) is 0. The van der Waals surface area contributed by atoms with E-state index in [1.54, 1.807) is 6.92 Å². The fourth-order valence-corrected chi connectivity index (χ4v) is 2.14. The zero-order valence-corrected chi connectivity index (χ0v) is 9.47. The Hall–Kier alpha value is -1.14. The van der Waals surface area contributed by atoms with Crippen LogP contribution in [0.5, 0.6) is 0 Å². The summed E-state index contributed by atoms with van der Waals surface area (Å²) in [6.45, 7) is 1.56. The van der Waals surface area contributed by atoms with Crippen LogP contribution in [0.3, 0.4) is 0 Å². The third kappa shape index (κ3) is 3.17. The zero-order valence-electron chi connectivity index (χ0n) is 7.90. The van der Waals surface area contributed by atoms with Crippen molar-refractivity contribution in [2.45, 2.75) is 18.2 Å². The minimum absolute atomic E-state index is 0.0572. The molecule has 0 fully saturated rings. The number of carbonyl (C=O) groups excluding carboxylic acids is 1. The van der Waals surface area contributed by atoms with Gasteiger partial charge in [0.25, 0.3) is 10.0 Å². The standard InChI is InChI=1S/C8H9ClN2O3S/c1-2-8(12)11-15(13,14)6-3-4-10-7(9)5-6/h3-5H,2H2,1H3,(H,11,12). The van der Waals surface area contributed by atoms with E-state index < -0.39 is 15.9 Å². The molecule has 0 aliphatic carbocycles. The first-order valence-electron chi connectivity index (χ1n) is 4.13. The Bertz CT molecular complexity index is 473. The molecule has 0 radical (unpaired) electrons. The van der Waals surface area contributed by atoms with Gasteiger partial charge in [-0.25, -0.2) is 18.1 Å². The highest BCUT2D eigenvalue weighted by Gasteiger charge is 2.16. The fraction of sp³-hybridized carbons (Fsp3) is 0.250. The molecule has 1 rings (SSSR count). The number of rotatable bonds is 3. The van der Waals surface area contributed by atoms with E-state index in [4.69, 9.17) is 11.6 Å². The highest BCUT2D eigenvalue weighted by atomic mass is 35.5. The average molecular weight is 249 g/mol. The van der Waals surface area contributed by atoms with Gasteiger partial charge in [-0.2, -0.15) is 0 Å². The molecular formula is C8H9ClN2O3S. The lowest BCUT2D eigenvalue weighted by Gasteiger charge is -2.05. The van der Waals surface area contributed by atoms with Crippen molar-refractivity contribution in [2.75, 3.05) is 0 Å².